The lowest BCUT2D eigenvalue weighted by Crippen LogP contribution is -2.56. The van der Waals surface area contributed by atoms with E-state index in [0.717, 1.165) is 26.1 Å². The summed E-state index contributed by atoms with van der Waals surface area (Å²) in [6.07, 6.45) is 1.72. The highest BCUT2D eigenvalue weighted by Crippen LogP contribution is 2.16. The fourth-order valence-corrected chi connectivity index (χ4v) is 2.15. The van der Waals surface area contributed by atoms with Gasteiger partial charge in [0.05, 0.1) is 5.54 Å². The molecule has 16 heavy (non-hydrogen) atoms. The van der Waals surface area contributed by atoms with Gasteiger partial charge >= 0.3 is 0 Å². The summed E-state index contributed by atoms with van der Waals surface area (Å²) in [6.45, 7) is 8.72. The number of rotatable bonds is 2. The van der Waals surface area contributed by atoms with Gasteiger partial charge < -0.3 is 15.5 Å². The van der Waals surface area contributed by atoms with E-state index in [0.29, 0.717) is 6.42 Å². The summed E-state index contributed by atoms with van der Waals surface area (Å²) in [7, 11) is 2.10. The van der Waals surface area contributed by atoms with Crippen LogP contribution in [0.5, 0.6) is 0 Å². The molecule has 2 unspecified atom stereocenters. The van der Waals surface area contributed by atoms with Crippen molar-refractivity contribution in [3.05, 3.63) is 0 Å². The minimum atomic E-state index is -0.711. The van der Waals surface area contributed by atoms with Gasteiger partial charge in [0.1, 0.15) is 0 Å². The summed E-state index contributed by atoms with van der Waals surface area (Å²) < 4.78 is 0. The number of hydrogen-bond acceptors (Lipinski definition) is 3. The smallest absolute Gasteiger partial charge is 0.242 e. The first-order valence-corrected chi connectivity index (χ1v) is 6.17. The van der Waals surface area contributed by atoms with E-state index in [9.17, 15) is 4.79 Å². The zero-order chi connectivity index (χ0) is 12.3. The molecule has 1 amide bonds. The topological polar surface area (TPSA) is 49.6 Å². The second-order valence-corrected chi connectivity index (χ2v) is 5.23. The second kappa shape index (κ2) is 5.15. The Bertz CT molecular complexity index is 253. The van der Waals surface area contributed by atoms with Crippen molar-refractivity contribution >= 4 is 5.91 Å². The summed E-state index contributed by atoms with van der Waals surface area (Å²) in [5.41, 5.74) is 5.32. The van der Waals surface area contributed by atoms with Crippen LogP contribution in [-0.4, -0.2) is 54.0 Å². The first kappa shape index (κ1) is 13.5. The molecule has 0 aromatic carbocycles. The van der Waals surface area contributed by atoms with Crippen LogP contribution in [0.2, 0.25) is 0 Å². The van der Waals surface area contributed by atoms with Crippen molar-refractivity contribution < 1.29 is 4.79 Å². The van der Waals surface area contributed by atoms with Gasteiger partial charge in [-0.25, -0.2) is 0 Å². The molecule has 4 nitrogen and oxygen atoms in total. The normalized spacial score (nSPS) is 27.3. The molecule has 1 heterocycles. The molecule has 1 aliphatic rings. The Labute approximate surface area is 98.8 Å². The number of carbonyl (C=O) groups is 1. The molecule has 94 valence electrons. The van der Waals surface area contributed by atoms with E-state index in [1.807, 2.05) is 18.7 Å². The van der Waals surface area contributed by atoms with Gasteiger partial charge in [0, 0.05) is 19.1 Å². The van der Waals surface area contributed by atoms with Crippen LogP contribution in [0, 0.1) is 0 Å². The van der Waals surface area contributed by atoms with Gasteiger partial charge in [0.15, 0.2) is 0 Å². The lowest BCUT2D eigenvalue weighted by Gasteiger charge is -2.34. The first-order chi connectivity index (χ1) is 7.38. The lowest BCUT2D eigenvalue weighted by molar-refractivity contribution is -0.138. The fraction of sp³-hybridized carbons (Fsp3) is 0.917. The van der Waals surface area contributed by atoms with Gasteiger partial charge in [-0.05, 0) is 40.3 Å². The van der Waals surface area contributed by atoms with Crippen molar-refractivity contribution in [1.82, 2.24) is 9.80 Å². The van der Waals surface area contributed by atoms with Gasteiger partial charge in [-0.2, -0.15) is 0 Å². The van der Waals surface area contributed by atoms with Crippen molar-refractivity contribution in [2.24, 2.45) is 5.73 Å². The molecular formula is C12H25N3O. The Morgan fingerprint density at radius 2 is 2.12 bits per heavy atom. The number of hydrogen-bond donors (Lipinski definition) is 1. The summed E-state index contributed by atoms with van der Waals surface area (Å²) in [4.78, 5) is 16.5. The Balaban J connectivity index is 2.74. The van der Waals surface area contributed by atoms with Crippen molar-refractivity contribution in [3.63, 3.8) is 0 Å². The van der Waals surface area contributed by atoms with E-state index in [1.165, 1.54) is 0 Å². The maximum Gasteiger partial charge on any atom is 0.242 e. The van der Waals surface area contributed by atoms with Gasteiger partial charge in [-0.3, -0.25) is 4.79 Å². The fourth-order valence-electron chi connectivity index (χ4n) is 2.15. The first-order valence-electron chi connectivity index (χ1n) is 6.17. The average Bonchev–Trinajstić information content (AvgIpc) is 2.38. The molecule has 0 aliphatic carbocycles. The molecule has 0 radical (unpaired) electrons. The van der Waals surface area contributed by atoms with Crippen LogP contribution in [-0.2, 0) is 4.79 Å². The highest BCUT2D eigenvalue weighted by atomic mass is 16.2. The number of nitrogens with zero attached hydrogens (tertiary/aromatic N) is 2. The van der Waals surface area contributed by atoms with Crippen molar-refractivity contribution in [2.45, 2.75) is 45.2 Å². The zero-order valence-electron chi connectivity index (χ0n) is 11.0. The predicted octanol–water partition coefficient (Wildman–Crippen LogP) is 0.666. The van der Waals surface area contributed by atoms with Crippen molar-refractivity contribution in [2.75, 3.05) is 26.7 Å². The SMILES string of the molecule is CCC(C)(N)C(=O)N1CCCN(C)CC1C. The van der Waals surface area contributed by atoms with E-state index in [-0.39, 0.29) is 11.9 Å². The highest BCUT2D eigenvalue weighted by Gasteiger charge is 2.34. The minimum Gasteiger partial charge on any atom is -0.337 e. The van der Waals surface area contributed by atoms with Crippen molar-refractivity contribution in [3.8, 4) is 0 Å². The number of carbonyl (C=O) groups excluding carboxylic acids is 1. The average molecular weight is 227 g/mol. The van der Waals surface area contributed by atoms with Crippen LogP contribution in [0.1, 0.15) is 33.6 Å². The molecule has 1 rings (SSSR count). The number of nitrogens with two attached hydrogens (primary N) is 1. The quantitative estimate of drug-likeness (QED) is 0.754. The van der Waals surface area contributed by atoms with Crippen LogP contribution in [0.25, 0.3) is 0 Å². The second-order valence-electron chi connectivity index (χ2n) is 5.23. The number of likely N-dealkylation sites (N-methyl/N-ethyl adjacent to an activating group) is 1. The molecule has 2 atom stereocenters. The van der Waals surface area contributed by atoms with Crippen LogP contribution in [0.3, 0.4) is 0 Å². The molecule has 1 saturated heterocycles. The lowest BCUT2D eigenvalue weighted by atomic mass is 9.97. The minimum absolute atomic E-state index is 0.0952. The monoisotopic (exact) mass is 227 g/mol. The molecule has 1 fully saturated rings. The van der Waals surface area contributed by atoms with Crippen LogP contribution >= 0.6 is 0 Å². The standard InChI is InChI=1S/C12H25N3O/c1-5-12(3,13)11(16)15-8-6-7-14(4)9-10(15)2/h10H,5-9,13H2,1-4H3. The predicted molar refractivity (Wildman–Crippen MR) is 66.2 cm³/mol. The van der Waals surface area contributed by atoms with Gasteiger partial charge in [-0.15, -0.1) is 0 Å². The van der Waals surface area contributed by atoms with E-state index in [2.05, 4.69) is 18.9 Å². The Morgan fingerprint density at radius 3 is 2.69 bits per heavy atom. The molecule has 1 aliphatic heterocycles. The largest absolute Gasteiger partial charge is 0.337 e. The third-order valence-corrected chi connectivity index (χ3v) is 3.53. The summed E-state index contributed by atoms with van der Waals surface area (Å²) >= 11 is 0. The Morgan fingerprint density at radius 1 is 1.50 bits per heavy atom. The maximum absolute atomic E-state index is 12.3. The van der Waals surface area contributed by atoms with E-state index in [1.54, 1.807) is 0 Å². The highest BCUT2D eigenvalue weighted by molar-refractivity contribution is 5.85. The molecule has 0 saturated carbocycles. The molecule has 2 N–H and O–H groups in total. The summed E-state index contributed by atoms with van der Waals surface area (Å²) in [5, 5.41) is 0. The van der Waals surface area contributed by atoms with E-state index < -0.39 is 5.54 Å². The molecule has 0 aromatic rings. The summed E-state index contributed by atoms with van der Waals surface area (Å²) in [5.74, 6) is 0.0952. The van der Waals surface area contributed by atoms with Gasteiger partial charge in [0.25, 0.3) is 0 Å². The zero-order valence-corrected chi connectivity index (χ0v) is 11.0. The Hall–Kier alpha value is -0.610. The molecule has 0 aromatic heterocycles. The van der Waals surface area contributed by atoms with Crippen LogP contribution in [0.4, 0.5) is 0 Å². The van der Waals surface area contributed by atoms with E-state index in [4.69, 9.17) is 5.73 Å². The van der Waals surface area contributed by atoms with Crippen LogP contribution < -0.4 is 5.73 Å². The van der Waals surface area contributed by atoms with Gasteiger partial charge in [0.2, 0.25) is 5.91 Å². The third kappa shape index (κ3) is 2.95. The third-order valence-electron chi connectivity index (χ3n) is 3.53. The summed E-state index contributed by atoms with van der Waals surface area (Å²) in [6, 6.07) is 0.259. The van der Waals surface area contributed by atoms with E-state index >= 15 is 0 Å². The number of amides is 1. The Kier molecular flexibility index (Phi) is 4.33. The van der Waals surface area contributed by atoms with Crippen molar-refractivity contribution in [1.29, 1.82) is 0 Å². The van der Waals surface area contributed by atoms with Crippen LogP contribution in [0.15, 0.2) is 0 Å². The molecule has 0 bridgehead atoms. The molecular weight excluding hydrogens is 202 g/mol. The molecule has 0 spiro atoms. The maximum atomic E-state index is 12.3. The molecule has 4 heteroatoms. The van der Waals surface area contributed by atoms with Gasteiger partial charge in [-0.1, -0.05) is 6.92 Å².